The molecule has 0 bridgehead atoms. The molecule has 0 aliphatic rings. The van der Waals surface area contributed by atoms with Crippen LogP contribution in [0, 0.1) is 0 Å². The van der Waals surface area contributed by atoms with E-state index in [1.807, 2.05) is 12.1 Å². The lowest BCUT2D eigenvalue weighted by Crippen LogP contribution is -2.26. The molecule has 0 aromatic heterocycles. The van der Waals surface area contributed by atoms with E-state index >= 15 is 0 Å². The number of halogens is 2. The topological polar surface area (TPSA) is 24.1 Å². The maximum absolute atomic E-state index is 5.98. The number of rotatable bonds is 7. The Kier molecular flexibility index (Phi) is 7.12. The van der Waals surface area contributed by atoms with Crippen LogP contribution in [0.2, 0.25) is 5.02 Å². The zero-order valence-corrected chi connectivity index (χ0v) is 12.7. The summed E-state index contributed by atoms with van der Waals surface area (Å²) in [5.41, 5.74) is 1.21. The van der Waals surface area contributed by atoms with Crippen LogP contribution in [0.3, 0.4) is 0 Å². The zero-order chi connectivity index (χ0) is 12.7. The fourth-order valence-corrected chi connectivity index (χ4v) is 2.48. The first-order chi connectivity index (χ1) is 8.08. The normalized spacial score (nSPS) is 11.1. The first kappa shape index (κ1) is 15.0. The molecule has 0 unspecified atom stereocenters. The Morgan fingerprint density at radius 1 is 1.24 bits per heavy atom. The van der Waals surface area contributed by atoms with Gasteiger partial charge in [-0.1, -0.05) is 41.4 Å². The van der Waals surface area contributed by atoms with E-state index in [4.69, 9.17) is 11.6 Å². The van der Waals surface area contributed by atoms with Crippen LogP contribution in [-0.2, 0) is 6.54 Å². The fraction of sp³-hybridized carbons (Fsp3) is 0.538. The molecule has 17 heavy (non-hydrogen) atoms. The largest absolute Gasteiger partial charge is 0.314 e. The van der Waals surface area contributed by atoms with Crippen LogP contribution in [0.25, 0.3) is 0 Å². The molecule has 2 N–H and O–H groups in total. The lowest BCUT2D eigenvalue weighted by atomic mass is 10.2. The Hall–Kier alpha value is -0.0900. The summed E-state index contributed by atoms with van der Waals surface area (Å²) in [6.45, 7) is 7.27. The van der Waals surface area contributed by atoms with Crippen molar-refractivity contribution >= 4 is 27.5 Å². The van der Waals surface area contributed by atoms with E-state index in [1.165, 1.54) is 5.56 Å². The van der Waals surface area contributed by atoms with E-state index in [1.54, 1.807) is 0 Å². The number of hydrogen-bond donors (Lipinski definition) is 2. The molecule has 1 rings (SSSR count). The fourth-order valence-electron chi connectivity index (χ4n) is 1.55. The van der Waals surface area contributed by atoms with Crippen LogP contribution in [0.1, 0.15) is 25.8 Å². The lowest BCUT2D eigenvalue weighted by Gasteiger charge is -2.09. The molecular formula is C13H20BrClN2. The highest BCUT2D eigenvalue weighted by molar-refractivity contribution is 9.10. The standard InChI is InChI=1S/C13H20BrClN2/c1-10(2)17-5-3-4-16-9-11-6-12(14)8-13(15)7-11/h6-8,10,16-17H,3-5,9H2,1-2H3. The van der Waals surface area contributed by atoms with Gasteiger partial charge in [-0.2, -0.15) is 0 Å². The van der Waals surface area contributed by atoms with E-state index in [0.29, 0.717) is 6.04 Å². The van der Waals surface area contributed by atoms with Gasteiger partial charge in [0.1, 0.15) is 0 Å². The molecule has 1 aromatic carbocycles. The highest BCUT2D eigenvalue weighted by Gasteiger charge is 1.98. The second-order valence-corrected chi connectivity index (χ2v) is 5.77. The van der Waals surface area contributed by atoms with Gasteiger partial charge in [-0.25, -0.2) is 0 Å². The predicted molar refractivity (Wildman–Crippen MR) is 78.6 cm³/mol. The summed E-state index contributed by atoms with van der Waals surface area (Å²) in [6.07, 6.45) is 1.14. The molecule has 0 heterocycles. The van der Waals surface area contributed by atoms with Crippen LogP contribution in [0.15, 0.2) is 22.7 Å². The van der Waals surface area contributed by atoms with Gasteiger partial charge in [0.25, 0.3) is 0 Å². The molecule has 96 valence electrons. The van der Waals surface area contributed by atoms with E-state index in [0.717, 1.165) is 35.6 Å². The Morgan fingerprint density at radius 3 is 2.65 bits per heavy atom. The molecule has 0 fully saturated rings. The number of benzene rings is 1. The van der Waals surface area contributed by atoms with Crippen LogP contribution in [0.5, 0.6) is 0 Å². The van der Waals surface area contributed by atoms with Gasteiger partial charge in [0, 0.05) is 22.1 Å². The smallest absolute Gasteiger partial charge is 0.0420 e. The second kappa shape index (κ2) is 8.09. The number of nitrogens with one attached hydrogen (secondary N) is 2. The Balaban J connectivity index is 2.18. The minimum absolute atomic E-state index is 0.568. The van der Waals surface area contributed by atoms with Crippen molar-refractivity contribution < 1.29 is 0 Å². The molecular weight excluding hydrogens is 300 g/mol. The van der Waals surface area contributed by atoms with Gasteiger partial charge in [0.05, 0.1) is 0 Å². The highest BCUT2D eigenvalue weighted by Crippen LogP contribution is 2.19. The molecule has 0 radical (unpaired) electrons. The average molecular weight is 320 g/mol. The number of hydrogen-bond acceptors (Lipinski definition) is 2. The molecule has 0 saturated heterocycles. The Morgan fingerprint density at radius 2 is 2.00 bits per heavy atom. The van der Waals surface area contributed by atoms with Gasteiger partial charge < -0.3 is 10.6 Å². The summed E-state index contributed by atoms with van der Waals surface area (Å²) in [5, 5.41) is 7.58. The lowest BCUT2D eigenvalue weighted by molar-refractivity contribution is 0.547. The minimum atomic E-state index is 0.568. The summed E-state index contributed by atoms with van der Waals surface area (Å²) < 4.78 is 1.03. The summed E-state index contributed by atoms with van der Waals surface area (Å²) in [5.74, 6) is 0. The molecule has 0 atom stereocenters. The molecule has 0 aliphatic carbocycles. The van der Waals surface area contributed by atoms with Crippen molar-refractivity contribution in [3.63, 3.8) is 0 Å². The molecule has 4 heteroatoms. The van der Waals surface area contributed by atoms with Gasteiger partial charge in [-0.05, 0) is 43.3 Å². The molecule has 0 spiro atoms. The van der Waals surface area contributed by atoms with Gasteiger partial charge >= 0.3 is 0 Å². The van der Waals surface area contributed by atoms with Crippen molar-refractivity contribution in [2.24, 2.45) is 0 Å². The average Bonchev–Trinajstić information content (AvgIpc) is 2.21. The summed E-state index contributed by atoms with van der Waals surface area (Å²) in [4.78, 5) is 0. The summed E-state index contributed by atoms with van der Waals surface area (Å²) >= 11 is 9.42. The van der Waals surface area contributed by atoms with E-state index in [9.17, 15) is 0 Å². The summed E-state index contributed by atoms with van der Waals surface area (Å²) in [7, 11) is 0. The zero-order valence-electron chi connectivity index (χ0n) is 10.4. The molecule has 2 nitrogen and oxygen atoms in total. The first-order valence-electron chi connectivity index (χ1n) is 5.97. The van der Waals surface area contributed by atoms with Gasteiger partial charge in [-0.3, -0.25) is 0 Å². The van der Waals surface area contributed by atoms with Crippen molar-refractivity contribution in [1.82, 2.24) is 10.6 Å². The van der Waals surface area contributed by atoms with Crippen molar-refractivity contribution in [1.29, 1.82) is 0 Å². The maximum atomic E-state index is 5.98. The minimum Gasteiger partial charge on any atom is -0.314 e. The summed E-state index contributed by atoms with van der Waals surface area (Å²) in [6, 6.07) is 6.55. The quantitative estimate of drug-likeness (QED) is 0.751. The van der Waals surface area contributed by atoms with Crippen LogP contribution >= 0.6 is 27.5 Å². The van der Waals surface area contributed by atoms with Crippen molar-refractivity contribution in [3.05, 3.63) is 33.3 Å². The van der Waals surface area contributed by atoms with Crippen molar-refractivity contribution in [2.45, 2.75) is 32.9 Å². The molecule has 0 saturated carbocycles. The Labute approximate surface area is 117 Å². The van der Waals surface area contributed by atoms with Crippen molar-refractivity contribution in [3.8, 4) is 0 Å². The van der Waals surface area contributed by atoms with Gasteiger partial charge in [-0.15, -0.1) is 0 Å². The predicted octanol–water partition coefficient (Wildman–Crippen LogP) is 3.58. The van der Waals surface area contributed by atoms with E-state index in [2.05, 4.69) is 46.5 Å². The highest BCUT2D eigenvalue weighted by atomic mass is 79.9. The third-order valence-corrected chi connectivity index (χ3v) is 3.01. The first-order valence-corrected chi connectivity index (χ1v) is 7.14. The maximum Gasteiger partial charge on any atom is 0.0420 e. The molecule has 1 aromatic rings. The van der Waals surface area contributed by atoms with Gasteiger partial charge in [0.2, 0.25) is 0 Å². The van der Waals surface area contributed by atoms with Crippen LogP contribution in [-0.4, -0.2) is 19.1 Å². The Bertz CT molecular complexity index is 322. The molecule has 0 amide bonds. The van der Waals surface area contributed by atoms with E-state index in [-0.39, 0.29) is 0 Å². The SMILES string of the molecule is CC(C)NCCCNCc1cc(Cl)cc(Br)c1. The molecule has 0 aliphatic heterocycles. The van der Waals surface area contributed by atoms with E-state index < -0.39 is 0 Å². The van der Waals surface area contributed by atoms with Crippen LogP contribution in [0.4, 0.5) is 0 Å². The second-order valence-electron chi connectivity index (χ2n) is 4.42. The third-order valence-electron chi connectivity index (χ3n) is 2.33. The monoisotopic (exact) mass is 318 g/mol. The van der Waals surface area contributed by atoms with Crippen LogP contribution < -0.4 is 10.6 Å². The van der Waals surface area contributed by atoms with Gasteiger partial charge in [0.15, 0.2) is 0 Å². The van der Waals surface area contributed by atoms with Crippen molar-refractivity contribution in [2.75, 3.05) is 13.1 Å². The third kappa shape index (κ3) is 7.04.